The van der Waals surface area contributed by atoms with Gasteiger partial charge in [-0.25, -0.2) is 26.9 Å². The van der Waals surface area contributed by atoms with Crippen molar-refractivity contribution in [1.29, 1.82) is 0 Å². The zero-order chi connectivity index (χ0) is 31.5. The molecule has 43 heavy (non-hydrogen) atoms. The van der Waals surface area contributed by atoms with Gasteiger partial charge in [-0.3, -0.25) is 14.2 Å². The van der Waals surface area contributed by atoms with Gasteiger partial charge in [0.2, 0.25) is 10.0 Å². The molecule has 0 atom stereocenters. The second kappa shape index (κ2) is 13.4. The lowest BCUT2D eigenvalue weighted by Crippen LogP contribution is -2.42. The summed E-state index contributed by atoms with van der Waals surface area (Å²) in [7, 11) is -3.70. The molecule has 0 bridgehead atoms. The van der Waals surface area contributed by atoms with Gasteiger partial charge in [0.05, 0.1) is 31.4 Å². The highest BCUT2D eigenvalue weighted by Crippen LogP contribution is 2.38. The largest absolute Gasteiger partial charge is 0.493 e. The van der Waals surface area contributed by atoms with Crippen LogP contribution in [0.3, 0.4) is 0 Å². The van der Waals surface area contributed by atoms with E-state index < -0.39 is 39.6 Å². The van der Waals surface area contributed by atoms with Crippen LogP contribution in [-0.2, 0) is 39.2 Å². The minimum atomic E-state index is -3.70. The maximum absolute atomic E-state index is 14.9. The number of fused-ring (bicyclic) bond motifs is 1. The molecular weight excluding hydrogens is 621 g/mol. The third kappa shape index (κ3) is 7.53. The fourth-order valence-electron chi connectivity index (χ4n) is 4.34. The SMILES string of the molecule is CCOC(=O)Cn1c(=O)c2c(CNS(C)(=O)=O)c(-c3ccc(OCC(C)C)cc3)sc2n(Cc2c(F)cccc2Cl)c1=O. The predicted molar refractivity (Wildman–Crippen MR) is 165 cm³/mol. The predicted octanol–water partition coefficient (Wildman–Crippen LogP) is 4.38. The third-order valence-corrected chi connectivity index (χ3v) is 8.66. The van der Waals surface area contributed by atoms with Crippen LogP contribution < -0.4 is 20.7 Å². The van der Waals surface area contributed by atoms with Crippen molar-refractivity contribution in [1.82, 2.24) is 13.9 Å². The number of thiophene rings is 1. The van der Waals surface area contributed by atoms with Crippen LogP contribution in [0.25, 0.3) is 20.7 Å². The van der Waals surface area contributed by atoms with Gasteiger partial charge in [-0.05, 0) is 54.8 Å². The van der Waals surface area contributed by atoms with Crippen LogP contribution in [0, 0.1) is 11.7 Å². The van der Waals surface area contributed by atoms with Gasteiger partial charge in [-0.1, -0.05) is 31.5 Å². The standard InChI is InChI=1S/C29H31ClFN3O7S2/c1-5-40-24(35)15-33-27(36)25-20(13-32-43(4,38)39)26(18-9-11-19(12-10-18)41-16-17(2)3)42-28(25)34(29(33)37)14-21-22(30)7-6-8-23(21)31/h6-12,17,32H,5,13-16H2,1-4H3. The van der Waals surface area contributed by atoms with E-state index >= 15 is 0 Å². The number of benzene rings is 2. The second-order valence-corrected chi connectivity index (χ2v) is 13.4. The van der Waals surface area contributed by atoms with Crippen LogP contribution in [0.2, 0.25) is 5.02 Å². The van der Waals surface area contributed by atoms with Crippen LogP contribution in [0.4, 0.5) is 4.39 Å². The van der Waals surface area contributed by atoms with Crippen LogP contribution in [0.15, 0.2) is 52.1 Å². The van der Waals surface area contributed by atoms with E-state index in [1.54, 1.807) is 31.2 Å². The topological polar surface area (TPSA) is 126 Å². The van der Waals surface area contributed by atoms with Crippen molar-refractivity contribution >= 4 is 49.1 Å². The molecule has 10 nitrogen and oxygen atoms in total. The maximum Gasteiger partial charge on any atom is 0.332 e. The van der Waals surface area contributed by atoms with Crippen molar-refractivity contribution in [3.05, 3.63) is 85.3 Å². The molecule has 4 rings (SSSR count). The second-order valence-electron chi connectivity index (χ2n) is 10.2. The Kier molecular flexibility index (Phi) is 10.1. The molecule has 0 saturated carbocycles. The summed E-state index contributed by atoms with van der Waals surface area (Å²) >= 11 is 7.36. The molecule has 2 aromatic carbocycles. The van der Waals surface area contributed by atoms with Crippen molar-refractivity contribution in [2.24, 2.45) is 5.92 Å². The molecule has 0 amide bonds. The van der Waals surface area contributed by atoms with E-state index in [-0.39, 0.29) is 46.1 Å². The summed E-state index contributed by atoms with van der Waals surface area (Å²) in [6.45, 7) is 4.83. The van der Waals surface area contributed by atoms with Gasteiger partial charge in [0.25, 0.3) is 5.56 Å². The molecule has 2 aromatic heterocycles. The molecule has 0 aliphatic rings. The maximum atomic E-state index is 14.9. The first-order valence-electron chi connectivity index (χ1n) is 13.4. The Hall–Kier alpha value is -3.52. The van der Waals surface area contributed by atoms with E-state index in [1.807, 2.05) is 13.8 Å². The Bertz CT molecular complexity index is 1860. The first-order valence-corrected chi connectivity index (χ1v) is 16.4. The zero-order valence-electron chi connectivity index (χ0n) is 24.0. The number of hydrogen-bond donors (Lipinski definition) is 1. The molecule has 14 heteroatoms. The number of ether oxygens (including phenoxy) is 2. The van der Waals surface area contributed by atoms with Crippen LogP contribution in [0.1, 0.15) is 31.9 Å². The molecule has 0 saturated heterocycles. The van der Waals surface area contributed by atoms with E-state index in [4.69, 9.17) is 21.1 Å². The number of aromatic nitrogens is 2. The Labute approximate surface area is 256 Å². The van der Waals surface area contributed by atoms with Crippen molar-refractivity contribution < 1.29 is 27.1 Å². The van der Waals surface area contributed by atoms with Crippen molar-refractivity contribution in [2.75, 3.05) is 19.5 Å². The first-order chi connectivity index (χ1) is 20.3. The van der Waals surface area contributed by atoms with Gasteiger partial charge in [-0.15, -0.1) is 11.3 Å². The molecule has 0 radical (unpaired) electrons. The van der Waals surface area contributed by atoms with Crippen molar-refractivity contribution in [2.45, 2.75) is 40.4 Å². The average molecular weight is 652 g/mol. The molecule has 230 valence electrons. The summed E-state index contributed by atoms with van der Waals surface area (Å²) in [6.07, 6.45) is 0.983. The Morgan fingerprint density at radius 1 is 1.09 bits per heavy atom. The molecule has 0 spiro atoms. The molecule has 0 fully saturated rings. The van der Waals surface area contributed by atoms with Gasteiger partial charge in [0, 0.05) is 27.6 Å². The fourth-order valence-corrected chi connectivity index (χ4v) is 6.28. The summed E-state index contributed by atoms with van der Waals surface area (Å²) in [4.78, 5) is 40.7. The quantitative estimate of drug-likeness (QED) is 0.225. The molecule has 2 heterocycles. The molecule has 4 aromatic rings. The lowest BCUT2D eigenvalue weighted by molar-refractivity contribution is -0.143. The number of hydrogen-bond acceptors (Lipinski definition) is 8. The van der Waals surface area contributed by atoms with Crippen LogP contribution in [0.5, 0.6) is 5.75 Å². The number of carbonyl (C=O) groups excluding carboxylic acids is 1. The lowest BCUT2D eigenvalue weighted by atomic mass is 10.1. The number of nitrogens with one attached hydrogen (secondary N) is 1. The average Bonchev–Trinajstić information content (AvgIpc) is 3.32. The number of rotatable bonds is 12. The van der Waals surface area contributed by atoms with E-state index in [1.165, 1.54) is 22.8 Å². The minimum absolute atomic E-state index is 0.00585. The van der Waals surface area contributed by atoms with Gasteiger partial charge in [0.15, 0.2) is 0 Å². The van der Waals surface area contributed by atoms with E-state index in [9.17, 15) is 27.2 Å². The molecule has 1 N–H and O–H groups in total. The normalized spacial score (nSPS) is 11.8. The highest BCUT2D eigenvalue weighted by Gasteiger charge is 2.25. The summed E-state index contributed by atoms with van der Waals surface area (Å²) < 4.78 is 54.2. The molecular formula is C29H31ClFN3O7S2. The monoisotopic (exact) mass is 651 g/mol. The van der Waals surface area contributed by atoms with Gasteiger partial charge in [-0.2, -0.15) is 0 Å². The number of carbonyl (C=O) groups is 1. The van der Waals surface area contributed by atoms with Crippen molar-refractivity contribution in [3.8, 4) is 16.2 Å². The number of nitrogens with zero attached hydrogens (tertiary/aromatic N) is 2. The summed E-state index contributed by atoms with van der Waals surface area (Å²) in [6, 6.07) is 11.1. The highest BCUT2D eigenvalue weighted by atomic mass is 35.5. The Balaban J connectivity index is 2.01. The summed E-state index contributed by atoms with van der Waals surface area (Å²) in [5.74, 6) is -0.548. The lowest BCUT2D eigenvalue weighted by Gasteiger charge is -2.14. The van der Waals surface area contributed by atoms with E-state index in [0.717, 1.165) is 17.6 Å². The number of sulfonamides is 1. The first kappa shape index (κ1) is 32.4. The fraction of sp³-hybridized carbons (Fsp3) is 0.345. The van der Waals surface area contributed by atoms with E-state index in [0.29, 0.717) is 33.3 Å². The molecule has 0 aliphatic heterocycles. The van der Waals surface area contributed by atoms with Gasteiger partial charge >= 0.3 is 11.7 Å². The van der Waals surface area contributed by atoms with Gasteiger partial charge in [0.1, 0.15) is 22.9 Å². The molecule has 0 aliphatic carbocycles. The highest BCUT2D eigenvalue weighted by molar-refractivity contribution is 7.88. The van der Waals surface area contributed by atoms with Crippen molar-refractivity contribution in [3.63, 3.8) is 0 Å². The third-order valence-electron chi connectivity index (χ3n) is 6.34. The molecule has 0 unspecified atom stereocenters. The summed E-state index contributed by atoms with van der Waals surface area (Å²) in [5, 5.41) is 0.0727. The Morgan fingerprint density at radius 3 is 2.40 bits per heavy atom. The Morgan fingerprint density at radius 2 is 1.79 bits per heavy atom. The number of halogens is 2. The zero-order valence-corrected chi connectivity index (χ0v) is 26.4. The van der Waals surface area contributed by atoms with Crippen LogP contribution >= 0.6 is 22.9 Å². The van der Waals surface area contributed by atoms with E-state index in [2.05, 4.69) is 4.72 Å². The number of esters is 1. The minimum Gasteiger partial charge on any atom is -0.493 e. The van der Waals surface area contributed by atoms with Crippen LogP contribution in [-0.4, -0.2) is 43.0 Å². The smallest absolute Gasteiger partial charge is 0.332 e. The summed E-state index contributed by atoms with van der Waals surface area (Å²) in [5.41, 5.74) is -0.766. The van der Waals surface area contributed by atoms with Gasteiger partial charge < -0.3 is 9.47 Å².